The zero-order chi connectivity index (χ0) is 22.2. The van der Waals surface area contributed by atoms with Crippen LogP contribution >= 0.6 is 11.8 Å². The van der Waals surface area contributed by atoms with Crippen LogP contribution in [0.2, 0.25) is 0 Å². The first-order chi connectivity index (χ1) is 15.0. The highest BCUT2D eigenvalue weighted by atomic mass is 32.2. The van der Waals surface area contributed by atoms with Gasteiger partial charge in [0.25, 0.3) is 0 Å². The number of nitrogens with one attached hydrogen (secondary N) is 2. The highest BCUT2D eigenvalue weighted by Gasteiger charge is 2.18. The number of hydrogen-bond acceptors (Lipinski definition) is 5. The van der Waals surface area contributed by atoms with Gasteiger partial charge >= 0.3 is 6.03 Å². The molecule has 0 aliphatic heterocycles. The molecule has 0 saturated carbocycles. The van der Waals surface area contributed by atoms with E-state index in [1.165, 1.54) is 11.8 Å². The molecule has 0 radical (unpaired) electrons. The van der Waals surface area contributed by atoms with Crippen molar-refractivity contribution in [1.29, 1.82) is 0 Å². The summed E-state index contributed by atoms with van der Waals surface area (Å²) in [5, 5.41) is 14.1. The predicted molar refractivity (Wildman–Crippen MR) is 123 cm³/mol. The number of aromatic nitrogens is 3. The number of urea groups is 1. The molecular formula is C23H25N5O2S. The fourth-order valence-corrected chi connectivity index (χ4v) is 3.85. The molecule has 1 aromatic heterocycles. The molecule has 3 rings (SSSR count). The Morgan fingerprint density at radius 2 is 1.90 bits per heavy atom. The van der Waals surface area contributed by atoms with Gasteiger partial charge in [-0.05, 0) is 31.0 Å². The van der Waals surface area contributed by atoms with Gasteiger partial charge in [0, 0.05) is 13.0 Å². The Kier molecular flexibility index (Phi) is 7.61. The number of hydrogen-bond donors (Lipinski definition) is 2. The standard InChI is InChI=1S/C23H25N5O2S/c1-4-12-24-22(30)25-21(29)15-31-23-27-26-20(14-18-8-6-5-7-9-18)28(23)19-11-10-16(2)13-17(19)3/h4-11,13H,1,12,14-15H2,2-3H3,(H2,24,25,29,30). The molecule has 8 heteroatoms. The van der Waals surface area contributed by atoms with Crippen LogP contribution < -0.4 is 10.6 Å². The van der Waals surface area contributed by atoms with E-state index in [-0.39, 0.29) is 12.3 Å². The van der Waals surface area contributed by atoms with Gasteiger partial charge in [0.2, 0.25) is 5.91 Å². The lowest BCUT2D eigenvalue weighted by atomic mass is 10.1. The molecular weight excluding hydrogens is 410 g/mol. The first-order valence-corrected chi connectivity index (χ1v) is 10.8. The number of rotatable bonds is 8. The second-order valence-corrected chi connectivity index (χ2v) is 7.96. The van der Waals surface area contributed by atoms with E-state index >= 15 is 0 Å². The predicted octanol–water partition coefficient (Wildman–Crippen LogP) is 3.58. The number of aryl methyl sites for hydroxylation is 2. The fraction of sp³-hybridized carbons (Fsp3) is 0.217. The second kappa shape index (κ2) is 10.6. The van der Waals surface area contributed by atoms with Crippen molar-refractivity contribution < 1.29 is 9.59 Å². The molecule has 0 saturated heterocycles. The molecule has 3 amide bonds. The third-order valence-corrected chi connectivity index (χ3v) is 5.42. The Bertz CT molecular complexity index is 1080. The Labute approximate surface area is 186 Å². The van der Waals surface area contributed by atoms with Crippen LogP contribution in [0.1, 0.15) is 22.5 Å². The van der Waals surface area contributed by atoms with E-state index in [0.29, 0.717) is 11.6 Å². The summed E-state index contributed by atoms with van der Waals surface area (Å²) in [4.78, 5) is 23.8. The first kappa shape index (κ1) is 22.3. The Morgan fingerprint density at radius 3 is 2.61 bits per heavy atom. The van der Waals surface area contributed by atoms with E-state index in [0.717, 1.165) is 28.2 Å². The minimum atomic E-state index is -0.550. The maximum atomic E-state index is 12.2. The van der Waals surface area contributed by atoms with Crippen molar-refractivity contribution in [2.75, 3.05) is 12.3 Å². The van der Waals surface area contributed by atoms with Gasteiger partial charge in [-0.25, -0.2) is 4.79 Å². The maximum absolute atomic E-state index is 12.2. The van der Waals surface area contributed by atoms with Crippen LogP contribution in [-0.2, 0) is 11.2 Å². The lowest BCUT2D eigenvalue weighted by Crippen LogP contribution is -2.40. The zero-order valence-corrected chi connectivity index (χ0v) is 18.4. The van der Waals surface area contributed by atoms with E-state index in [4.69, 9.17) is 0 Å². The Balaban J connectivity index is 1.83. The summed E-state index contributed by atoms with van der Waals surface area (Å²) in [5.74, 6) is 0.409. The number of imide groups is 1. The molecule has 160 valence electrons. The summed E-state index contributed by atoms with van der Waals surface area (Å²) in [5.41, 5.74) is 4.34. The van der Waals surface area contributed by atoms with E-state index in [9.17, 15) is 9.59 Å². The quantitative estimate of drug-likeness (QED) is 0.417. The van der Waals surface area contributed by atoms with Crippen LogP contribution in [0, 0.1) is 13.8 Å². The number of nitrogens with zero attached hydrogens (tertiary/aromatic N) is 3. The van der Waals surface area contributed by atoms with Crippen molar-refractivity contribution in [2.45, 2.75) is 25.4 Å². The monoisotopic (exact) mass is 435 g/mol. The van der Waals surface area contributed by atoms with Crippen molar-refractivity contribution in [1.82, 2.24) is 25.4 Å². The lowest BCUT2D eigenvalue weighted by Gasteiger charge is -2.13. The number of benzene rings is 2. The van der Waals surface area contributed by atoms with Crippen LogP contribution in [0.25, 0.3) is 5.69 Å². The average Bonchev–Trinajstić information content (AvgIpc) is 3.13. The smallest absolute Gasteiger partial charge is 0.321 e. The highest BCUT2D eigenvalue weighted by molar-refractivity contribution is 7.99. The van der Waals surface area contributed by atoms with Gasteiger partial charge in [-0.3, -0.25) is 14.7 Å². The minimum absolute atomic E-state index is 0.0376. The van der Waals surface area contributed by atoms with Gasteiger partial charge in [0.1, 0.15) is 5.82 Å². The molecule has 0 aliphatic carbocycles. The second-order valence-electron chi connectivity index (χ2n) is 7.02. The largest absolute Gasteiger partial charge is 0.334 e. The third kappa shape index (κ3) is 6.05. The van der Waals surface area contributed by atoms with Crippen LogP contribution in [0.5, 0.6) is 0 Å². The maximum Gasteiger partial charge on any atom is 0.321 e. The number of amides is 3. The van der Waals surface area contributed by atoms with Gasteiger partial charge < -0.3 is 5.32 Å². The molecule has 7 nitrogen and oxygen atoms in total. The molecule has 2 N–H and O–H groups in total. The molecule has 0 bridgehead atoms. The Hall–Kier alpha value is -3.39. The Morgan fingerprint density at radius 1 is 1.13 bits per heavy atom. The normalized spacial score (nSPS) is 10.5. The van der Waals surface area contributed by atoms with Gasteiger partial charge in [-0.15, -0.1) is 16.8 Å². The molecule has 0 atom stereocenters. The summed E-state index contributed by atoms with van der Waals surface area (Å²) in [6, 6.07) is 15.7. The van der Waals surface area contributed by atoms with E-state index < -0.39 is 11.9 Å². The molecule has 0 spiro atoms. The van der Waals surface area contributed by atoms with Crippen molar-refractivity contribution in [3.8, 4) is 5.69 Å². The topological polar surface area (TPSA) is 88.9 Å². The number of carbonyl (C=O) groups is 2. The van der Waals surface area contributed by atoms with Crippen molar-refractivity contribution >= 4 is 23.7 Å². The van der Waals surface area contributed by atoms with Crippen molar-refractivity contribution in [2.24, 2.45) is 0 Å². The molecule has 1 heterocycles. The van der Waals surface area contributed by atoms with Gasteiger partial charge in [-0.2, -0.15) is 0 Å². The van der Waals surface area contributed by atoms with Crippen LogP contribution in [-0.4, -0.2) is 39.0 Å². The molecule has 31 heavy (non-hydrogen) atoms. The van der Waals surface area contributed by atoms with Crippen molar-refractivity contribution in [3.05, 3.63) is 83.7 Å². The molecule has 2 aromatic carbocycles. The summed E-state index contributed by atoms with van der Waals surface area (Å²) in [6.07, 6.45) is 2.15. The molecule has 0 aliphatic rings. The number of carbonyl (C=O) groups excluding carboxylic acids is 2. The van der Waals surface area contributed by atoms with Crippen LogP contribution in [0.4, 0.5) is 4.79 Å². The van der Waals surface area contributed by atoms with E-state index in [1.807, 2.05) is 60.9 Å². The van der Waals surface area contributed by atoms with Gasteiger partial charge in [0.05, 0.1) is 11.4 Å². The van der Waals surface area contributed by atoms with E-state index in [2.05, 4.69) is 33.5 Å². The van der Waals surface area contributed by atoms with Gasteiger partial charge in [0.15, 0.2) is 5.16 Å². The third-order valence-electron chi connectivity index (χ3n) is 4.49. The summed E-state index contributed by atoms with van der Waals surface area (Å²) in [7, 11) is 0. The summed E-state index contributed by atoms with van der Waals surface area (Å²) >= 11 is 1.24. The minimum Gasteiger partial charge on any atom is -0.334 e. The number of thioether (sulfide) groups is 1. The van der Waals surface area contributed by atoms with Crippen LogP contribution in [0.15, 0.2) is 66.3 Å². The lowest BCUT2D eigenvalue weighted by molar-refractivity contribution is -0.117. The first-order valence-electron chi connectivity index (χ1n) is 9.85. The van der Waals surface area contributed by atoms with Gasteiger partial charge in [-0.1, -0.05) is 65.9 Å². The molecule has 3 aromatic rings. The fourth-order valence-electron chi connectivity index (χ4n) is 3.09. The summed E-state index contributed by atoms with van der Waals surface area (Å²) in [6.45, 7) is 7.90. The molecule has 0 unspecified atom stereocenters. The zero-order valence-electron chi connectivity index (χ0n) is 17.6. The summed E-state index contributed by atoms with van der Waals surface area (Å²) < 4.78 is 1.98. The van der Waals surface area contributed by atoms with E-state index in [1.54, 1.807) is 6.08 Å². The van der Waals surface area contributed by atoms with Crippen molar-refractivity contribution in [3.63, 3.8) is 0 Å². The SMILES string of the molecule is C=CCNC(=O)NC(=O)CSc1nnc(Cc2ccccc2)n1-c1ccc(C)cc1C. The van der Waals surface area contributed by atoms with Crippen LogP contribution in [0.3, 0.4) is 0 Å². The molecule has 0 fully saturated rings. The highest BCUT2D eigenvalue weighted by Crippen LogP contribution is 2.26. The average molecular weight is 436 g/mol.